The topological polar surface area (TPSA) is 41.6 Å². The molecule has 1 amide bonds. The molecule has 0 radical (unpaired) electrons. The molecule has 4 nitrogen and oxygen atoms in total. The van der Waals surface area contributed by atoms with Gasteiger partial charge in [0.25, 0.3) is 0 Å². The summed E-state index contributed by atoms with van der Waals surface area (Å²) in [6.45, 7) is 4.35. The third kappa shape index (κ3) is 3.34. The molecule has 0 aromatic heterocycles. The summed E-state index contributed by atoms with van der Waals surface area (Å²) in [5, 5.41) is 3.23. The number of carbonyl (C=O) groups is 1. The molecular weight excluding hydrogens is 228 g/mol. The number of halogens is 1. The van der Waals surface area contributed by atoms with Crippen LogP contribution in [0.25, 0.3) is 0 Å². The summed E-state index contributed by atoms with van der Waals surface area (Å²) in [5.41, 5.74) is 0. The van der Waals surface area contributed by atoms with Crippen LogP contribution in [0.3, 0.4) is 0 Å². The van der Waals surface area contributed by atoms with E-state index >= 15 is 0 Å². The fourth-order valence-corrected chi connectivity index (χ4v) is 2.02. The second-order valence-electron chi connectivity index (χ2n) is 4.67. The molecule has 0 unspecified atom stereocenters. The third-order valence-corrected chi connectivity index (χ3v) is 3.19. The Morgan fingerprint density at radius 3 is 2.75 bits per heavy atom. The van der Waals surface area contributed by atoms with Crippen molar-refractivity contribution in [2.24, 2.45) is 5.92 Å². The van der Waals surface area contributed by atoms with Gasteiger partial charge in [-0.3, -0.25) is 4.79 Å². The highest BCUT2D eigenvalue weighted by Crippen LogP contribution is 2.29. The number of nitrogens with one attached hydrogen (secondary N) is 1. The van der Waals surface area contributed by atoms with Crippen molar-refractivity contribution in [1.29, 1.82) is 0 Å². The van der Waals surface area contributed by atoms with Crippen LogP contribution in [0.2, 0.25) is 0 Å². The van der Waals surface area contributed by atoms with Crippen molar-refractivity contribution >= 4 is 18.3 Å². The van der Waals surface area contributed by atoms with Gasteiger partial charge >= 0.3 is 0 Å². The Hall–Kier alpha value is -0.320. The minimum Gasteiger partial charge on any atom is -0.375 e. The van der Waals surface area contributed by atoms with Gasteiger partial charge in [-0.15, -0.1) is 12.4 Å². The Morgan fingerprint density at radius 2 is 2.19 bits per heavy atom. The van der Waals surface area contributed by atoms with Gasteiger partial charge in [0.1, 0.15) is 6.04 Å². The second kappa shape index (κ2) is 5.84. The number of likely N-dealkylation sites (N-methyl/N-ethyl adjacent to an activating group) is 1. The predicted octanol–water partition coefficient (Wildman–Crippen LogP) is 0.653. The largest absolute Gasteiger partial charge is 0.375 e. The van der Waals surface area contributed by atoms with Crippen molar-refractivity contribution in [3.8, 4) is 0 Å². The normalized spacial score (nSPS) is 29.4. The Morgan fingerprint density at radius 1 is 1.50 bits per heavy atom. The molecule has 2 aliphatic rings. The molecule has 1 aliphatic heterocycles. The van der Waals surface area contributed by atoms with Gasteiger partial charge in [-0.05, 0) is 25.7 Å². The lowest BCUT2D eigenvalue weighted by atomic mass is 10.1. The molecule has 1 heterocycles. The van der Waals surface area contributed by atoms with Crippen LogP contribution in [0, 0.1) is 5.92 Å². The number of hydrogen-bond acceptors (Lipinski definition) is 3. The molecule has 2 atom stereocenters. The molecule has 1 saturated carbocycles. The van der Waals surface area contributed by atoms with E-state index in [1.165, 1.54) is 12.8 Å². The van der Waals surface area contributed by atoms with Crippen molar-refractivity contribution < 1.29 is 9.53 Å². The molecule has 0 spiro atoms. The van der Waals surface area contributed by atoms with Crippen molar-refractivity contribution in [3.63, 3.8) is 0 Å². The summed E-state index contributed by atoms with van der Waals surface area (Å²) < 4.78 is 5.47. The van der Waals surface area contributed by atoms with Crippen LogP contribution in [0.15, 0.2) is 0 Å². The number of nitrogens with zero attached hydrogens (tertiary/aromatic N) is 1. The maximum atomic E-state index is 12.1. The van der Waals surface area contributed by atoms with E-state index in [0.717, 1.165) is 19.0 Å². The highest BCUT2D eigenvalue weighted by molar-refractivity contribution is 5.85. The minimum atomic E-state index is -0.150. The number of morpholine rings is 1. The molecule has 1 saturated heterocycles. The van der Waals surface area contributed by atoms with E-state index in [2.05, 4.69) is 5.32 Å². The molecule has 5 heteroatoms. The van der Waals surface area contributed by atoms with Gasteiger partial charge in [0.2, 0.25) is 5.91 Å². The van der Waals surface area contributed by atoms with Gasteiger partial charge in [-0.2, -0.15) is 0 Å². The van der Waals surface area contributed by atoms with E-state index in [-0.39, 0.29) is 30.5 Å². The average molecular weight is 249 g/mol. The molecule has 94 valence electrons. The average Bonchev–Trinajstić information content (AvgIpc) is 3.01. The van der Waals surface area contributed by atoms with Crippen LogP contribution < -0.4 is 5.32 Å². The first-order chi connectivity index (χ1) is 7.18. The zero-order valence-electron chi connectivity index (χ0n) is 9.94. The van der Waals surface area contributed by atoms with Crippen LogP contribution in [-0.2, 0) is 9.53 Å². The Labute approximate surface area is 103 Å². The highest BCUT2D eigenvalue weighted by Gasteiger charge is 2.32. The fourth-order valence-electron chi connectivity index (χ4n) is 2.02. The van der Waals surface area contributed by atoms with Crippen LogP contribution in [0.5, 0.6) is 0 Å². The molecule has 16 heavy (non-hydrogen) atoms. The summed E-state index contributed by atoms with van der Waals surface area (Å²) in [7, 11) is 1.89. The maximum Gasteiger partial charge on any atom is 0.242 e. The standard InChI is InChI=1S/C11H20N2O2.ClH/c1-8-10(12-5-6-15-8)11(14)13(2)7-9-3-4-9;/h8-10,12H,3-7H2,1-2H3;1H/t8-,10+;/m1./s1. The van der Waals surface area contributed by atoms with E-state index in [0.29, 0.717) is 6.61 Å². The number of carbonyl (C=O) groups excluding carboxylic acids is 1. The molecule has 1 aliphatic carbocycles. The van der Waals surface area contributed by atoms with Crippen molar-refractivity contribution in [2.75, 3.05) is 26.7 Å². The summed E-state index contributed by atoms with van der Waals surface area (Å²) in [6.07, 6.45) is 2.55. The van der Waals surface area contributed by atoms with Crippen LogP contribution >= 0.6 is 12.4 Å². The Balaban J connectivity index is 0.00000128. The van der Waals surface area contributed by atoms with Crippen molar-refractivity contribution in [1.82, 2.24) is 10.2 Å². The first-order valence-electron chi connectivity index (χ1n) is 5.78. The van der Waals surface area contributed by atoms with Gasteiger partial charge in [0.05, 0.1) is 12.7 Å². The lowest BCUT2D eigenvalue weighted by Gasteiger charge is -2.32. The summed E-state index contributed by atoms with van der Waals surface area (Å²) in [6, 6.07) is -0.150. The fraction of sp³-hybridized carbons (Fsp3) is 0.909. The number of rotatable bonds is 3. The van der Waals surface area contributed by atoms with E-state index in [1.807, 2.05) is 18.9 Å². The van der Waals surface area contributed by atoms with E-state index in [9.17, 15) is 4.79 Å². The first kappa shape index (κ1) is 13.7. The number of hydrogen-bond donors (Lipinski definition) is 1. The van der Waals surface area contributed by atoms with E-state index in [4.69, 9.17) is 4.74 Å². The second-order valence-corrected chi connectivity index (χ2v) is 4.67. The zero-order valence-corrected chi connectivity index (χ0v) is 10.8. The molecule has 0 aromatic rings. The van der Waals surface area contributed by atoms with Gasteiger partial charge in [-0.1, -0.05) is 0 Å². The summed E-state index contributed by atoms with van der Waals surface area (Å²) in [4.78, 5) is 13.9. The Bertz CT molecular complexity index is 246. The first-order valence-corrected chi connectivity index (χ1v) is 5.78. The van der Waals surface area contributed by atoms with E-state index in [1.54, 1.807) is 0 Å². The quantitative estimate of drug-likeness (QED) is 0.798. The highest BCUT2D eigenvalue weighted by atomic mass is 35.5. The molecule has 2 fully saturated rings. The van der Waals surface area contributed by atoms with Crippen molar-refractivity contribution in [3.05, 3.63) is 0 Å². The summed E-state index contributed by atoms with van der Waals surface area (Å²) >= 11 is 0. The predicted molar refractivity (Wildman–Crippen MR) is 64.8 cm³/mol. The zero-order chi connectivity index (χ0) is 10.8. The number of amides is 1. The van der Waals surface area contributed by atoms with E-state index < -0.39 is 0 Å². The van der Waals surface area contributed by atoms with Gasteiger partial charge in [-0.25, -0.2) is 0 Å². The molecule has 0 aromatic carbocycles. The maximum absolute atomic E-state index is 12.1. The van der Waals surface area contributed by atoms with Gasteiger partial charge in [0.15, 0.2) is 0 Å². The van der Waals surface area contributed by atoms with Crippen LogP contribution in [0.1, 0.15) is 19.8 Å². The number of ether oxygens (including phenoxy) is 1. The monoisotopic (exact) mass is 248 g/mol. The third-order valence-electron chi connectivity index (χ3n) is 3.19. The van der Waals surface area contributed by atoms with Gasteiger partial charge < -0.3 is 15.0 Å². The lowest BCUT2D eigenvalue weighted by molar-refractivity contribution is -0.138. The van der Waals surface area contributed by atoms with Crippen LogP contribution in [0.4, 0.5) is 0 Å². The molecule has 2 rings (SSSR count). The summed E-state index contributed by atoms with van der Waals surface area (Å²) in [5.74, 6) is 0.924. The molecular formula is C11H21ClN2O2. The lowest BCUT2D eigenvalue weighted by Crippen LogP contribution is -2.56. The Kier molecular flexibility index (Phi) is 5.02. The smallest absolute Gasteiger partial charge is 0.242 e. The van der Waals surface area contributed by atoms with Gasteiger partial charge in [0, 0.05) is 20.1 Å². The molecule has 0 bridgehead atoms. The minimum absolute atomic E-state index is 0. The molecule has 1 N–H and O–H groups in total. The van der Waals surface area contributed by atoms with Crippen molar-refractivity contribution in [2.45, 2.75) is 31.9 Å². The SMILES string of the molecule is C[C@H]1OCCN[C@@H]1C(=O)N(C)CC1CC1.Cl. The van der Waals surface area contributed by atoms with Crippen LogP contribution in [-0.4, -0.2) is 49.7 Å².